The molecule has 1 amide bonds. The van der Waals surface area contributed by atoms with Crippen molar-refractivity contribution in [3.05, 3.63) is 39.4 Å². The molecular formula is C10H10N2O7. The minimum atomic E-state index is -2.15. The van der Waals surface area contributed by atoms with E-state index in [-0.39, 0.29) is 0 Å². The van der Waals surface area contributed by atoms with Gasteiger partial charge in [-0.25, -0.2) is 4.79 Å². The van der Waals surface area contributed by atoms with Gasteiger partial charge in [-0.05, 0) is 6.07 Å². The molecule has 0 heterocycles. The number of aliphatic hydroxyl groups is 2. The number of aromatic carboxylic acids is 1. The van der Waals surface area contributed by atoms with Crippen LogP contribution in [0.3, 0.4) is 0 Å². The fourth-order valence-electron chi connectivity index (χ4n) is 1.52. The number of nitro benzene ring substituents is 1. The van der Waals surface area contributed by atoms with Gasteiger partial charge in [0.05, 0.1) is 16.1 Å². The number of carbonyl (C=O) groups excluding carboxylic acids is 1. The van der Waals surface area contributed by atoms with Crippen molar-refractivity contribution in [3.8, 4) is 0 Å². The van der Waals surface area contributed by atoms with E-state index >= 15 is 0 Å². The highest BCUT2D eigenvalue weighted by Crippen LogP contribution is 2.30. The predicted molar refractivity (Wildman–Crippen MR) is 60.2 cm³/mol. The first kappa shape index (κ1) is 14.5. The summed E-state index contributed by atoms with van der Waals surface area (Å²) in [5.74, 6) is -2.88. The molecule has 0 radical (unpaired) electrons. The largest absolute Gasteiger partial charge is 0.478 e. The number of aliphatic hydroxyl groups excluding tert-OH is 2. The summed E-state index contributed by atoms with van der Waals surface area (Å²) in [6.07, 6.45) is -4.26. The van der Waals surface area contributed by atoms with Crippen LogP contribution in [0.15, 0.2) is 18.2 Å². The molecule has 1 rings (SSSR count). The Morgan fingerprint density at radius 2 is 1.89 bits per heavy atom. The lowest BCUT2D eigenvalue weighted by molar-refractivity contribution is -0.386. The van der Waals surface area contributed by atoms with Gasteiger partial charge in [-0.3, -0.25) is 14.9 Å². The normalized spacial score (nSPS) is 13.6. The molecular weight excluding hydrogens is 260 g/mol. The van der Waals surface area contributed by atoms with E-state index in [2.05, 4.69) is 0 Å². The molecule has 0 fully saturated rings. The first-order chi connectivity index (χ1) is 8.77. The highest BCUT2D eigenvalue weighted by Gasteiger charge is 2.33. The van der Waals surface area contributed by atoms with Crippen LogP contribution in [0.5, 0.6) is 0 Å². The number of nitrogens with two attached hydrogens (primary N) is 1. The van der Waals surface area contributed by atoms with E-state index in [4.69, 9.17) is 10.8 Å². The van der Waals surface area contributed by atoms with E-state index in [0.29, 0.717) is 0 Å². The number of amides is 1. The summed E-state index contributed by atoms with van der Waals surface area (Å²) in [5.41, 5.74) is 2.76. The summed E-state index contributed by atoms with van der Waals surface area (Å²) in [5, 5.41) is 38.7. The molecule has 1 aromatic carbocycles. The number of carboxylic acid groups (broad SMARTS) is 1. The van der Waals surface area contributed by atoms with Gasteiger partial charge in [-0.2, -0.15) is 0 Å². The Morgan fingerprint density at radius 3 is 2.32 bits per heavy atom. The SMILES string of the molecule is NC(=O)C(O)C(O)c1c(C(=O)O)cccc1[N+](=O)[O-]. The molecule has 0 saturated carbocycles. The quantitative estimate of drug-likeness (QED) is 0.400. The fraction of sp³-hybridized carbons (Fsp3) is 0.200. The van der Waals surface area contributed by atoms with Crippen molar-refractivity contribution in [2.45, 2.75) is 12.2 Å². The van der Waals surface area contributed by atoms with Gasteiger partial charge in [0.2, 0.25) is 5.91 Å². The maximum Gasteiger partial charge on any atom is 0.336 e. The van der Waals surface area contributed by atoms with Crippen molar-refractivity contribution in [3.63, 3.8) is 0 Å². The molecule has 102 valence electrons. The standard InChI is InChI=1S/C10H10N2O7/c11-9(15)8(14)7(13)6-4(10(16)17)2-1-3-5(6)12(18)19/h1-3,7-8,13-14H,(H2,11,15)(H,16,17). The lowest BCUT2D eigenvalue weighted by Gasteiger charge is -2.17. The smallest absolute Gasteiger partial charge is 0.336 e. The molecule has 5 N–H and O–H groups in total. The Bertz CT molecular complexity index is 510. The number of nitrogens with zero attached hydrogens (tertiary/aromatic N) is 1. The van der Waals surface area contributed by atoms with E-state index in [9.17, 15) is 29.9 Å². The molecule has 1 aromatic rings. The summed E-state index contributed by atoms with van der Waals surface area (Å²) in [7, 11) is 0. The number of nitro groups is 1. The molecule has 9 heteroatoms. The molecule has 0 bridgehead atoms. The number of hydrogen-bond acceptors (Lipinski definition) is 6. The van der Waals surface area contributed by atoms with Gasteiger partial charge in [0.1, 0.15) is 6.10 Å². The Balaban J connectivity index is 3.49. The zero-order valence-corrected chi connectivity index (χ0v) is 9.39. The zero-order valence-electron chi connectivity index (χ0n) is 9.39. The molecule has 0 saturated heterocycles. The third-order valence-electron chi connectivity index (χ3n) is 2.40. The lowest BCUT2D eigenvalue weighted by Crippen LogP contribution is -2.34. The van der Waals surface area contributed by atoms with Gasteiger partial charge in [-0.15, -0.1) is 0 Å². The number of benzene rings is 1. The molecule has 2 atom stereocenters. The van der Waals surface area contributed by atoms with Crippen LogP contribution in [-0.4, -0.2) is 38.2 Å². The summed E-state index contributed by atoms with van der Waals surface area (Å²) < 4.78 is 0. The summed E-state index contributed by atoms with van der Waals surface area (Å²) in [4.78, 5) is 31.6. The molecule has 19 heavy (non-hydrogen) atoms. The van der Waals surface area contributed by atoms with Gasteiger partial charge >= 0.3 is 5.97 Å². The van der Waals surface area contributed by atoms with Gasteiger partial charge in [0, 0.05) is 6.07 Å². The third-order valence-corrected chi connectivity index (χ3v) is 2.40. The number of rotatable bonds is 5. The second-order valence-corrected chi connectivity index (χ2v) is 3.59. The third kappa shape index (κ3) is 2.84. The summed E-state index contributed by atoms with van der Waals surface area (Å²) in [6.45, 7) is 0. The Kier molecular flexibility index (Phi) is 4.14. The van der Waals surface area contributed by atoms with Crippen molar-refractivity contribution in [1.82, 2.24) is 0 Å². The van der Waals surface area contributed by atoms with Crippen LogP contribution >= 0.6 is 0 Å². The highest BCUT2D eigenvalue weighted by molar-refractivity contribution is 5.91. The number of carbonyl (C=O) groups is 2. The second-order valence-electron chi connectivity index (χ2n) is 3.59. The van der Waals surface area contributed by atoms with E-state index < -0.39 is 45.8 Å². The average molecular weight is 270 g/mol. The number of primary amides is 1. The van der Waals surface area contributed by atoms with Crippen LogP contribution in [0.4, 0.5) is 5.69 Å². The van der Waals surface area contributed by atoms with Crippen molar-refractivity contribution >= 4 is 17.6 Å². The molecule has 0 aliphatic carbocycles. The van der Waals surface area contributed by atoms with Crippen LogP contribution in [0, 0.1) is 10.1 Å². The van der Waals surface area contributed by atoms with E-state index in [0.717, 1.165) is 18.2 Å². The van der Waals surface area contributed by atoms with Crippen molar-refractivity contribution in [2.75, 3.05) is 0 Å². The zero-order chi connectivity index (χ0) is 14.7. The minimum Gasteiger partial charge on any atom is -0.478 e. The average Bonchev–Trinajstić information content (AvgIpc) is 2.35. The Hall–Kier alpha value is -2.52. The Morgan fingerprint density at radius 1 is 1.32 bits per heavy atom. The van der Waals surface area contributed by atoms with E-state index in [1.165, 1.54) is 0 Å². The first-order valence-corrected chi connectivity index (χ1v) is 4.93. The first-order valence-electron chi connectivity index (χ1n) is 4.93. The topological polar surface area (TPSA) is 164 Å². The summed E-state index contributed by atoms with van der Waals surface area (Å²) in [6, 6.07) is 3.05. The predicted octanol–water partition coefficient (Wildman–Crippen LogP) is -0.827. The van der Waals surface area contributed by atoms with Crippen LogP contribution in [0.25, 0.3) is 0 Å². The number of hydrogen-bond donors (Lipinski definition) is 4. The second kappa shape index (κ2) is 5.42. The molecule has 0 aliphatic heterocycles. The van der Waals surface area contributed by atoms with Gasteiger partial charge in [0.15, 0.2) is 6.10 Å². The van der Waals surface area contributed by atoms with Crippen LogP contribution in [-0.2, 0) is 4.79 Å². The maximum atomic E-state index is 11.0. The van der Waals surface area contributed by atoms with Crippen LogP contribution < -0.4 is 5.73 Å². The van der Waals surface area contributed by atoms with Crippen molar-refractivity contribution in [1.29, 1.82) is 0 Å². The number of carboxylic acids is 1. The lowest BCUT2D eigenvalue weighted by atomic mass is 9.96. The van der Waals surface area contributed by atoms with Crippen molar-refractivity contribution < 1.29 is 29.8 Å². The van der Waals surface area contributed by atoms with Crippen LogP contribution in [0.2, 0.25) is 0 Å². The molecule has 2 unspecified atom stereocenters. The Labute approximate surface area is 106 Å². The molecule has 0 aliphatic rings. The van der Waals surface area contributed by atoms with Crippen molar-refractivity contribution in [2.24, 2.45) is 5.73 Å². The molecule has 0 aromatic heterocycles. The maximum absolute atomic E-state index is 11.0. The van der Waals surface area contributed by atoms with E-state index in [1.807, 2.05) is 0 Å². The fourth-order valence-corrected chi connectivity index (χ4v) is 1.52. The highest BCUT2D eigenvalue weighted by atomic mass is 16.6. The molecule has 0 spiro atoms. The van der Waals surface area contributed by atoms with E-state index in [1.54, 1.807) is 0 Å². The monoisotopic (exact) mass is 270 g/mol. The van der Waals surface area contributed by atoms with Crippen LogP contribution in [0.1, 0.15) is 22.0 Å². The molecule has 9 nitrogen and oxygen atoms in total. The van der Waals surface area contributed by atoms with Gasteiger partial charge in [0.25, 0.3) is 5.69 Å². The summed E-state index contributed by atoms with van der Waals surface area (Å²) >= 11 is 0. The van der Waals surface area contributed by atoms with Gasteiger partial charge < -0.3 is 21.1 Å². The minimum absolute atomic E-state index is 0.595. The van der Waals surface area contributed by atoms with Gasteiger partial charge in [-0.1, -0.05) is 6.07 Å².